The van der Waals surface area contributed by atoms with E-state index in [-0.39, 0.29) is 0 Å². The average molecular weight is 241 g/mol. The van der Waals surface area contributed by atoms with Crippen molar-refractivity contribution in [3.05, 3.63) is 17.8 Å². The van der Waals surface area contributed by atoms with E-state index in [2.05, 4.69) is 18.8 Å². The fourth-order valence-corrected chi connectivity index (χ4v) is 1.02. The van der Waals surface area contributed by atoms with Crippen LogP contribution >= 0.6 is 0 Å². The minimum atomic E-state index is 0.379. The van der Waals surface area contributed by atoms with Crippen LogP contribution in [-0.4, -0.2) is 19.2 Å². The second-order valence-corrected chi connectivity index (χ2v) is 3.13. The van der Waals surface area contributed by atoms with E-state index in [0.717, 1.165) is 11.4 Å². The maximum atomic E-state index is 5.13. The fourth-order valence-electron chi connectivity index (χ4n) is 1.02. The van der Waals surface area contributed by atoms with Crippen LogP contribution in [0.1, 0.15) is 53.2 Å². The SMILES string of the molecule is CC.CC.COc1cc(OC)nc(C(C)C)c1. The predicted molar refractivity (Wildman–Crippen MR) is 74.1 cm³/mol. The fraction of sp³-hybridized carbons (Fsp3) is 0.643. The van der Waals surface area contributed by atoms with E-state index in [1.165, 1.54) is 0 Å². The Morgan fingerprint density at radius 2 is 1.47 bits per heavy atom. The Morgan fingerprint density at radius 3 is 1.82 bits per heavy atom. The number of hydrogen-bond donors (Lipinski definition) is 0. The summed E-state index contributed by atoms with van der Waals surface area (Å²) in [6.45, 7) is 12.2. The van der Waals surface area contributed by atoms with Crippen molar-refractivity contribution >= 4 is 0 Å². The van der Waals surface area contributed by atoms with E-state index in [0.29, 0.717) is 11.8 Å². The molecule has 0 fully saturated rings. The molecule has 0 atom stereocenters. The zero-order valence-corrected chi connectivity index (χ0v) is 12.5. The molecule has 0 aliphatic carbocycles. The van der Waals surface area contributed by atoms with E-state index in [1.54, 1.807) is 20.3 Å². The lowest BCUT2D eigenvalue weighted by Gasteiger charge is -2.09. The van der Waals surface area contributed by atoms with Gasteiger partial charge in [0, 0.05) is 12.1 Å². The minimum Gasteiger partial charge on any atom is -0.496 e. The number of nitrogens with zero attached hydrogens (tertiary/aromatic N) is 1. The molecule has 1 rings (SSSR count). The molecule has 0 aliphatic rings. The molecule has 3 heteroatoms. The highest BCUT2D eigenvalue weighted by Gasteiger charge is 2.06. The first kappa shape index (κ1) is 18.1. The van der Waals surface area contributed by atoms with E-state index in [1.807, 2.05) is 33.8 Å². The number of pyridine rings is 1. The third-order valence-corrected chi connectivity index (χ3v) is 1.83. The van der Waals surface area contributed by atoms with Gasteiger partial charge in [-0.15, -0.1) is 0 Å². The molecule has 0 aromatic carbocycles. The third kappa shape index (κ3) is 6.82. The number of rotatable bonds is 3. The van der Waals surface area contributed by atoms with Crippen molar-refractivity contribution in [2.45, 2.75) is 47.5 Å². The molecule has 0 saturated carbocycles. The number of aromatic nitrogens is 1. The van der Waals surface area contributed by atoms with Crippen molar-refractivity contribution < 1.29 is 9.47 Å². The lowest BCUT2D eigenvalue weighted by molar-refractivity contribution is 0.379. The first-order chi connectivity index (χ1) is 8.17. The Kier molecular flexibility index (Phi) is 12.0. The molecule has 0 spiro atoms. The van der Waals surface area contributed by atoms with E-state index in [4.69, 9.17) is 9.47 Å². The molecule has 1 heterocycles. The molecule has 0 unspecified atom stereocenters. The molecule has 0 amide bonds. The molecule has 3 nitrogen and oxygen atoms in total. The average Bonchev–Trinajstić information content (AvgIpc) is 2.42. The zero-order valence-electron chi connectivity index (χ0n) is 12.5. The molecular weight excluding hydrogens is 214 g/mol. The molecule has 0 aliphatic heterocycles. The van der Waals surface area contributed by atoms with Crippen LogP contribution in [0.2, 0.25) is 0 Å². The number of hydrogen-bond acceptors (Lipinski definition) is 3. The molecule has 100 valence electrons. The summed E-state index contributed by atoms with van der Waals surface area (Å²) in [6.07, 6.45) is 0. The highest BCUT2D eigenvalue weighted by molar-refractivity contribution is 5.31. The Labute approximate surface area is 106 Å². The molecular formula is C14H27NO2. The summed E-state index contributed by atoms with van der Waals surface area (Å²) in [5.74, 6) is 1.77. The van der Waals surface area contributed by atoms with Crippen LogP contribution < -0.4 is 9.47 Å². The van der Waals surface area contributed by atoms with Crippen LogP contribution in [0.25, 0.3) is 0 Å². The second-order valence-electron chi connectivity index (χ2n) is 3.13. The van der Waals surface area contributed by atoms with Crippen LogP contribution in [0.15, 0.2) is 12.1 Å². The van der Waals surface area contributed by atoms with Crippen molar-refractivity contribution in [2.24, 2.45) is 0 Å². The van der Waals surface area contributed by atoms with Gasteiger partial charge in [-0.05, 0) is 5.92 Å². The first-order valence-electron chi connectivity index (χ1n) is 6.27. The van der Waals surface area contributed by atoms with E-state index >= 15 is 0 Å². The van der Waals surface area contributed by atoms with Gasteiger partial charge < -0.3 is 9.47 Å². The monoisotopic (exact) mass is 241 g/mol. The molecule has 17 heavy (non-hydrogen) atoms. The second kappa shape index (κ2) is 11.2. The standard InChI is InChI=1S/C10H15NO2.2C2H6/c1-7(2)9-5-8(12-3)6-10(11-9)13-4;2*1-2/h5-7H,1-4H3;2*1-2H3. The van der Waals surface area contributed by atoms with Crippen molar-refractivity contribution in [1.29, 1.82) is 0 Å². The van der Waals surface area contributed by atoms with Gasteiger partial charge in [0.2, 0.25) is 5.88 Å². The van der Waals surface area contributed by atoms with Gasteiger partial charge in [0.15, 0.2) is 0 Å². The number of methoxy groups -OCH3 is 2. The van der Waals surface area contributed by atoms with Gasteiger partial charge >= 0.3 is 0 Å². The van der Waals surface area contributed by atoms with Crippen LogP contribution in [0.5, 0.6) is 11.6 Å². The van der Waals surface area contributed by atoms with Crippen LogP contribution in [0, 0.1) is 0 Å². The van der Waals surface area contributed by atoms with E-state index < -0.39 is 0 Å². The van der Waals surface area contributed by atoms with Gasteiger partial charge in [-0.3, -0.25) is 0 Å². The topological polar surface area (TPSA) is 31.4 Å². The molecule has 0 radical (unpaired) electrons. The highest BCUT2D eigenvalue weighted by atomic mass is 16.5. The first-order valence-corrected chi connectivity index (χ1v) is 6.27. The van der Waals surface area contributed by atoms with Crippen molar-refractivity contribution in [2.75, 3.05) is 14.2 Å². The summed E-state index contributed by atoms with van der Waals surface area (Å²) < 4.78 is 10.2. The summed E-state index contributed by atoms with van der Waals surface area (Å²) >= 11 is 0. The van der Waals surface area contributed by atoms with Crippen molar-refractivity contribution in [1.82, 2.24) is 4.98 Å². The summed E-state index contributed by atoms with van der Waals surface area (Å²) in [5.41, 5.74) is 0.983. The van der Waals surface area contributed by atoms with Gasteiger partial charge in [-0.1, -0.05) is 41.5 Å². The lowest BCUT2D eigenvalue weighted by atomic mass is 10.1. The van der Waals surface area contributed by atoms with Gasteiger partial charge in [0.05, 0.1) is 19.9 Å². The predicted octanol–water partition coefficient (Wildman–Crippen LogP) is 4.27. The zero-order chi connectivity index (χ0) is 13.8. The van der Waals surface area contributed by atoms with Crippen molar-refractivity contribution in [3.63, 3.8) is 0 Å². The quantitative estimate of drug-likeness (QED) is 0.791. The lowest BCUT2D eigenvalue weighted by Crippen LogP contribution is -1.97. The Morgan fingerprint density at radius 1 is 0.941 bits per heavy atom. The van der Waals surface area contributed by atoms with Crippen LogP contribution in [0.4, 0.5) is 0 Å². The van der Waals surface area contributed by atoms with Crippen LogP contribution in [0.3, 0.4) is 0 Å². The molecule has 1 aromatic heterocycles. The Balaban J connectivity index is 0. The van der Waals surface area contributed by atoms with Gasteiger partial charge in [0.1, 0.15) is 5.75 Å². The molecule has 1 aromatic rings. The Hall–Kier alpha value is -1.25. The maximum absolute atomic E-state index is 5.13. The summed E-state index contributed by atoms with van der Waals surface area (Å²) in [7, 11) is 3.24. The smallest absolute Gasteiger partial charge is 0.216 e. The molecule has 0 bridgehead atoms. The third-order valence-electron chi connectivity index (χ3n) is 1.83. The highest BCUT2D eigenvalue weighted by Crippen LogP contribution is 2.23. The van der Waals surface area contributed by atoms with Crippen LogP contribution in [-0.2, 0) is 0 Å². The van der Waals surface area contributed by atoms with Gasteiger partial charge in [-0.2, -0.15) is 0 Å². The summed E-state index contributed by atoms with van der Waals surface area (Å²) in [6, 6.07) is 3.69. The number of ether oxygens (including phenoxy) is 2. The summed E-state index contributed by atoms with van der Waals surface area (Å²) in [5, 5.41) is 0. The summed E-state index contributed by atoms with van der Waals surface area (Å²) in [4.78, 5) is 4.30. The largest absolute Gasteiger partial charge is 0.496 e. The van der Waals surface area contributed by atoms with E-state index in [9.17, 15) is 0 Å². The Bertz CT molecular complexity index is 263. The van der Waals surface area contributed by atoms with Gasteiger partial charge in [-0.25, -0.2) is 4.98 Å². The normalized spacial score (nSPS) is 8.53. The minimum absolute atomic E-state index is 0.379. The maximum Gasteiger partial charge on any atom is 0.216 e. The molecule has 0 saturated heterocycles. The van der Waals surface area contributed by atoms with Gasteiger partial charge in [0.25, 0.3) is 0 Å². The van der Waals surface area contributed by atoms with Crippen molar-refractivity contribution in [3.8, 4) is 11.6 Å². The molecule has 0 N–H and O–H groups in total.